The van der Waals surface area contributed by atoms with Crippen LogP contribution in [0.1, 0.15) is 17.1 Å². The van der Waals surface area contributed by atoms with Crippen molar-refractivity contribution in [3.05, 3.63) is 66.0 Å². The minimum atomic E-state index is 0.677. The Balaban J connectivity index is 1.32. The molecule has 0 bridgehead atoms. The van der Waals surface area contributed by atoms with Crippen LogP contribution >= 0.6 is 0 Å². The smallest absolute Gasteiger partial charge is 0.146 e. The molecule has 4 heterocycles. The van der Waals surface area contributed by atoms with Crippen LogP contribution in [-0.4, -0.2) is 70.1 Å². The highest BCUT2D eigenvalue weighted by Crippen LogP contribution is 2.23. The predicted molar refractivity (Wildman–Crippen MR) is 127 cm³/mol. The van der Waals surface area contributed by atoms with E-state index in [2.05, 4.69) is 48.4 Å². The molecule has 1 saturated heterocycles. The molecule has 4 aromatic rings. The number of hydrogen-bond donors (Lipinski definition) is 2. The number of imidazole rings is 1. The molecular weight excluding hydrogens is 400 g/mol. The van der Waals surface area contributed by atoms with Crippen molar-refractivity contribution in [2.24, 2.45) is 0 Å². The molecule has 0 radical (unpaired) electrons. The summed E-state index contributed by atoms with van der Waals surface area (Å²) in [6.07, 6.45) is 6.18. The van der Waals surface area contributed by atoms with Gasteiger partial charge in [-0.05, 0) is 29.8 Å². The minimum absolute atomic E-state index is 0.677. The number of nitrogens with zero attached hydrogens (tertiary/aromatic N) is 6. The monoisotopic (exact) mass is 428 g/mol. The molecule has 1 aliphatic heterocycles. The normalized spacial score (nSPS) is 14.7. The number of H-pyrrole nitrogens is 1. The van der Waals surface area contributed by atoms with Crippen LogP contribution in [0, 0.1) is 0 Å². The third kappa shape index (κ3) is 4.61. The first kappa shape index (κ1) is 20.5. The molecule has 0 spiro atoms. The van der Waals surface area contributed by atoms with E-state index in [1.54, 1.807) is 6.20 Å². The van der Waals surface area contributed by atoms with Crippen molar-refractivity contribution in [3.8, 4) is 11.3 Å². The SMILES string of the molecule is CN(C)c1cnc(-c2ccc3nc(Cc4cc(CN5CCNCC5)ccn4)[nH]c3c2)cn1. The molecule has 8 nitrogen and oxygen atoms in total. The standard InChI is InChI=1S/C24H28N8/c1-31(2)24-15-27-22(14-28-24)18-3-4-20-21(12-18)30-23(29-20)13-19-11-17(5-6-26-19)16-32-9-7-25-8-10-32/h3-6,11-12,14-15,25H,7-10,13,16H2,1-2H3,(H,29,30). The molecule has 0 atom stereocenters. The van der Waals surface area contributed by atoms with Gasteiger partial charge < -0.3 is 15.2 Å². The first-order valence-electron chi connectivity index (χ1n) is 11.0. The lowest BCUT2D eigenvalue weighted by atomic mass is 10.1. The van der Waals surface area contributed by atoms with Crippen molar-refractivity contribution in [1.29, 1.82) is 0 Å². The van der Waals surface area contributed by atoms with Gasteiger partial charge in [0.1, 0.15) is 11.6 Å². The number of hydrogen-bond acceptors (Lipinski definition) is 7. The van der Waals surface area contributed by atoms with E-state index >= 15 is 0 Å². The second kappa shape index (κ2) is 9.02. The second-order valence-corrected chi connectivity index (χ2v) is 8.43. The molecule has 8 heteroatoms. The Morgan fingerprint density at radius 2 is 1.88 bits per heavy atom. The van der Waals surface area contributed by atoms with E-state index in [4.69, 9.17) is 4.98 Å². The largest absolute Gasteiger partial charge is 0.361 e. The Labute approximate surface area is 187 Å². The molecule has 32 heavy (non-hydrogen) atoms. The van der Waals surface area contributed by atoms with Gasteiger partial charge in [-0.25, -0.2) is 9.97 Å². The summed E-state index contributed by atoms with van der Waals surface area (Å²) in [7, 11) is 3.91. The molecule has 5 rings (SSSR count). The summed E-state index contributed by atoms with van der Waals surface area (Å²) >= 11 is 0. The maximum atomic E-state index is 4.77. The summed E-state index contributed by atoms with van der Waals surface area (Å²) in [5, 5.41) is 3.40. The molecular formula is C24H28N8. The van der Waals surface area contributed by atoms with Crippen LogP contribution in [0.15, 0.2) is 48.9 Å². The van der Waals surface area contributed by atoms with Crippen molar-refractivity contribution in [1.82, 2.24) is 35.1 Å². The van der Waals surface area contributed by atoms with E-state index in [1.165, 1.54) is 5.56 Å². The zero-order chi connectivity index (χ0) is 21.9. The van der Waals surface area contributed by atoms with Gasteiger partial charge in [-0.1, -0.05) is 6.07 Å². The lowest BCUT2D eigenvalue weighted by molar-refractivity contribution is 0.233. The Hall–Kier alpha value is -3.36. The highest BCUT2D eigenvalue weighted by molar-refractivity contribution is 5.81. The van der Waals surface area contributed by atoms with Gasteiger partial charge in [-0.15, -0.1) is 0 Å². The summed E-state index contributed by atoms with van der Waals surface area (Å²) in [5.74, 6) is 1.75. The minimum Gasteiger partial charge on any atom is -0.361 e. The van der Waals surface area contributed by atoms with E-state index in [0.717, 1.165) is 72.4 Å². The Morgan fingerprint density at radius 1 is 1.00 bits per heavy atom. The molecule has 0 saturated carbocycles. The van der Waals surface area contributed by atoms with Gasteiger partial charge in [0.25, 0.3) is 0 Å². The van der Waals surface area contributed by atoms with Gasteiger partial charge >= 0.3 is 0 Å². The maximum absolute atomic E-state index is 4.77. The Bertz CT molecular complexity index is 1190. The lowest BCUT2D eigenvalue weighted by Crippen LogP contribution is -2.42. The number of aromatic amines is 1. The summed E-state index contributed by atoms with van der Waals surface area (Å²) < 4.78 is 0. The van der Waals surface area contributed by atoms with Crippen LogP contribution in [0.5, 0.6) is 0 Å². The van der Waals surface area contributed by atoms with Crippen LogP contribution in [0.2, 0.25) is 0 Å². The number of rotatable bonds is 6. The number of nitrogens with one attached hydrogen (secondary N) is 2. The zero-order valence-electron chi connectivity index (χ0n) is 18.5. The number of benzene rings is 1. The average Bonchev–Trinajstić information content (AvgIpc) is 3.21. The molecule has 0 amide bonds. The molecule has 0 aliphatic carbocycles. The van der Waals surface area contributed by atoms with E-state index in [-0.39, 0.29) is 0 Å². The fourth-order valence-corrected chi connectivity index (χ4v) is 4.03. The number of aromatic nitrogens is 5. The molecule has 1 aliphatic rings. The number of pyridine rings is 1. The number of anilines is 1. The Kier molecular flexibility index (Phi) is 5.79. The first-order chi connectivity index (χ1) is 15.6. The quantitative estimate of drug-likeness (QED) is 0.488. The topological polar surface area (TPSA) is 85.9 Å². The van der Waals surface area contributed by atoms with Crippen molar-refractivity contribution in [3.63, 3.8) is 0 Å². The highest BCUT2D eigenvalue weighted by atomic mass is 15.2. The number of piperazine rings is 1. The molecule has 0 unspecified atom stereocenters. The highest BCUT2D eigenvalue weighted by Gasteiger charge is 2.12. The van der Waals surface area contributed by atoms with Gasteiger partial charge in [0.05, 0.1) is 29.1 Å². The summed E-state index contributed by atoms with van der Waals surface area (Å²) in [4.78, 5) is 26.2. The average molecular weight is 429 g/mol. The molecule has 3 aromatic heterocycles. The van der Waals surface area contributed by atoms with Crippen LogP contribution in [0.25, 0.3) is 22.3 Å². The third-order valence-electron chi connectivity index (χ3n) is 5.77. The van der Waals surface area contributed by atoms with Crippen LogP contribution in [0.3, 0.4) is 0 Å². The van der Waals surface area contributed by atoms with Crippen molar-refractivity contribution in [2.75, 3.05) is 45.2 Å². The van der Waals surface area contributed by atoms with Gasteiger partial charge in [-0.2, -0.15) is 0 Å². The molecule has 2 N–H and O–H groups in total. The summed E-state index contributed by atoms with van der Waals surface area (Å²) in [5.41, 5.74) is 6.13. The molecule has 164 valence electrons. The van der Waals surface area contributed by atoms with Gasteiger partial charge in [-0.3, -0.25) is 14.9 Å². The molecule has 1 fully saturated rings. The van der Waals surface area contributed by atoms with E-state index in [9.17, 15) is 0 Å². The maximum Gasteiger partial charge on any atom is 0.146 e. The van der Waals surface area contributed by atoms with E-state index in [0.29, 0.717) is 6.42 Å². The van der Waals surface area contributed by atoms with Crippen molar-refractivity contribution < 1.29 is 0 Å². The predicted octanol–water partition coefficient (Wildman–Crippen LogP) is 2.48. The van der Waals surface area contributed by atoms with Gasteiger partial charge in [0, 0.05) is 70.7 Å². The van der Waals surface area contributed by atoms with Gasteiger partial charge in [0.2, 0.25) is 0 Å². The van der Waals surface area contributed by atoms with Crippen LogP contribution in [0.4, 0.5) is 5.82 Å². The van der Waals surface area contributed by atoms with E-state index < -0.39 is 0 Å². The zero-order valence-corrected chi connectivity index (χ0v) is 18.5. The van der Waals surface area contributed by atoms with E-state index in [1.807, 2.05) is 43.5 Å². The van der Waals surface area contributed by atoms with Crippen molar-refractivity contribution in [2.45, 2.75) is 13.0 Å². The van der Waals surface area contributed by atoms with Crippen LogP contribution in [-0.2, 0) is 13.0 Å². The lowest BCUT2D eigenvalue weighted by Gasteiger charge is -2.27. The first-order valence-corrected chi connectivity index (χ1v) is 11.0. The summed E-state index contributed by atoms with van der Waals surface area (Å²) in [6.45, 7) is 5.26. The third-order valence-corrected chi connectivity index (χ3v) is 5.77. The fraction of sp³-hybridized carbons (Fsp3) is 0.333. The van der Waals surface area contributed by atoms with Crippen LogP contribution < -0.4 is 10.2 Å². The fourth-order valence-electron chi connectivity index (χ4n) is 4.03. The Morgan fingerprint density at radius 3 is 2.66 bits per heavy atom. The van der Waals surface area contributed by atoms with Gasteiger partial charge in [0.15, 0.2) is 0 Å². The van der Waals surface area contributed by atoms with Crippen molar-refractivity contribution >= 4 is 16.9 Å². The number of fused-ring (bicyclic) bond motifs is 1. The molecule has 1 aromatic carbocycles. The summed E-state index contributed by atoms with van der Waals surface area (Å²) in [6, 6.07) is 10.5. The second-order valence-electron chi connectivity index (χ2n) is 8.43.